The summed E-state index contributed by atoms with van der Waals surface area (Å²) in [5.41, 5.74) is 2.19. The zero-order valence-electron chi connectivity index (χ0n) is 17.3. The summed E-state index contributed by atoms with van der Waals surface area (Å²) in [5, 5.41) is 5.33. The average Bonchev–Trinajstić information content (AvgIpc) is 2.70. The maximum Gasteiger partial charge on any atom is 0.321 e. The number of amides is 4. The number of hydrogen-bond donors (Lipinski definition) is 2. The summed E-state index contributed by atoms with van der Waals surface area (Å²) in [7, 11) is 0. The van der Waals surface area contributed by atoms with Gasteiger partial charge in [0.2, 0.25) is 11.8 Å². The molecular weight excluding hydrogens is 368 g/mol. The standard InChI is InChI=1S/C22H32N4O3/c1-17-7-5-6-8-18(17)15-21(28)26-13-11-25(12-14-26)16-20(27)24-22(29)23-19-9-3-2-4-10-19/h5-8,19H,2-4,9-16H2,1H3,(H2,23,24,27,29). The average molecular weight is 401 g/mol. The van der Waals surface area contributed by atoms with E-state index in [9.17, 15) is 14.4 Å². The van der Waals surface area contributed by atoms with Crippen molar-refractivity contribution >= 4 is 17.8 Å². The zero-order valence-corrected chi connectivity index (χ0v) is 17.3. The van der Waals surface area contributed by atoms with Gasteiger partial charge in [-0.05, 0) is 30.9 Å². The quantitative estimate of drug-likeness (QED) is 0.790. The second kappa shape index (κ2) is 10.4. The predicted molar refractivity (Wildman–Crippen MR) is 111 cm³/mol. The van der Waals surface area contributed by atoms with E-state index in [1.165, 1.54) is 6.42 Å². The largest absolute Gasteiger partial charge is 0.340 e. The summed E-state index contributed by atoms with van der Waals surface area (Å²) < 4.78 is 0. The van der Waals surface area contributed by atoms with Crippen molar-refractivity contribution in [2.75, 3.05) is 32.7 Å². The Bertz CT molecular complexity index is 723. The van der Waals surface area contributed by atoms with Crippen molar-refractivity contribution in [3.63, 3.8) is 0 Å². The molecule has 1 aliphatic carbocycles. The van der Waals surface area contributed by atoms with Crippen LogP contribution in [0.15, 0.2) is 24.3 Å². The van der Waals surface area contributed by atoms with E-state index in [0.717, 1.165) is 36.8 Å². The minimum atomic E-state index is -0.394. The van der Waals surface area contributed by atoms with Gasteiger partial charge in [0, 0.05) is 32.2 Å². The normalized spacial score (nSPS) is 18.3. The van der Waals surface area contributed by atoms with Gasteiger partial charge in [-0.1, -0.05) is 43.5 Å². The van der Waals surface area contributed by atoms with Crippen LogP contribution in [0.2, 0.25) is 0 Å². The summed E-state index contributed by atoms with van der Waals surface area (Å²) >= 11 is 0. The first-order valence-corrected chi connectivity index (χ1v) is 10.7. The maximum absolute atomic E-state index is 12.6. The Hall–Kier alpha value is -2.41. The Morgan fingerprint density at radius 2 is 1.69 bits per heavy atom. The second-order valence-electron chi connectivity index (χ2n) is 8.12. The van der Waals surface area contributed by atoms with Gasteiger partial charge >= 0.3 is 6.03 Å². The van der Waals surface area contributed by atoms with Crippen molar-refractivity contribution in [2.24, 2.45) is 0 Å². The summed E-state index contributed by atoms with van der Waals surface area (Å²) in [5.74, 6) is -0.173. The monoisotopic (exact) mass is 400 g/mol. The fourth-order valence-corrected chi connectivity index (χ4v) is 4.08. The molecule has 3 rings (SSSR count). The molecule has 0 atom stereocenters. The van der Waals surface area contributed by atoms with Gasteiger partial charge < -0.3 is 10.2 Å². The van der Waals surface area contributed by atoms with Crippen molar-refractivity contribution in [3.05, 3.63) is 35.4 Å². The molecule has 0 bridgehead atoms. The highest BCUT2D eigenvalue weighted by Gasteiger charge is 2.24. The zero-order chi connectivity index (χ0) is 20.6. The molecule has 29 heavy (non-hydrogen) atoms. The van der Waals surface area contributed by atoms with E-state index in [1.807, 2.05) is 41.0 Å². The first-order valence-electron chi connectivity index (χ1n) is 10.7. The highest BCUT2D eigenvalue weighted by atomic mass is 16.2. The lowest BCUT2D eigenvalue weighted by atomic mass is 9.96. The number of nitrogens with one attached hydrogen (secondary N) is 2. The number of rotatable bonds is 5. The highest BCUT2D eigenvalue weighted by molar-refractivity contribution is 5.95. The van der Waals surface area contributed by atoms with Gasteiger partial charge in [-0.25, -0.2) is 4.79 Å². The molecule has 4 amide bonds. The number of nitrogens with zero attached hydrogens (tertiary/aromatic N) is 2. The van der Waals surface area contributed by atoms with Crippen LogP contribution in [0.3, 0.4) is 0 Å². The number of imide groups is 1. The predicted octanol–water partition coefficient (Wildman–Crippen LogP) is 1.84. The van der Waals surface area contributed by atoms with Crippen molar-refractivity contribution < 1.29 is 14.4 Å². The molecule has 0 spiro atoms. The summed E-state index contributed by atoms with van der Waals surface area (Å²) in [6.45, 7) is 4.67. The lowest BCUT2D eigenvalue weighted by Gasteiger charge is -2.34. The lowest BCUT2D eigenvalue weighted by Crippen LogP contribution is -2.53. The Morgan fingerprint density at radius 3 is 2.38 bits per heavy atom. The van der Waals surface area contributed by atoms with Crippen LogP contribution in [0.1, 0.15) is 43.2 Å². The third kappa shape index (κ3) is 6.56. The van der Waals surface area contributed by atoms with Crippen LogP contribution in [-0.4, -0.2) is 66.4 Å². The van der Waals surface area contributed by atoms with E-state index in [1.54, 1.807) is 0 Å². The topological polar surface area (TPSA) is 81.8 Å². The molecule has 2 fully saturated rings. The number of hydrogen-bond acceptors (Lipinski definition) is 4. The van der Waals surface area contributed by atoms with E-state index in [0.29, 0.717) is 32.6 Å². The highest BCUT2D eigenvalue weighted by Crippen LogP contribution is 2.17. The molecule has 1 aliphatic heterocycles. The molecule has 0 radical (unpaired) electrons. The molecule has 1 saturated heterocycles. The maximum atomic E-state index is 12.6. The van der Waals surface area contributed by atoms with Gasteiger partial charge in [-0.3, -0.25) is 19.8 Å². The Morgan fingerprint density at radius 1 is 1.00 bits per heavy atom. The van der Waals surface area contributed by atoms with Crippen LogP contribution in [0.5, 0.6) is 0 Å². The third-order valence-electron chi connectivity index (χ3n) is 5.89. The number of carbonyl (C=O) groups is 3. The second-order valence-corrected chi connectivity index (χ2v) is 8.12. The van der Waals surface area contributed by atoms with Crippen molar-refractivity contribution in [3.8, 4) is 0 Å². The summed E-state index contributed by atoms with van der Waals surface area (Å²) in [6.07, 6.45) is 5.87. The van der Waals surface area contributed by atoms with Crippen LogP contribution in [-0.2, 0) is 16.0 Å². The van der Waals surface area contributed by atoms with Crippen LogP contribution in [0, 0.1) is 6.92 Å². The van der Waals surface area contributed by atoms with E-state index >= 15 is 0 Å². The van der Waals surface area contributed by atoms with Crippen LogP contribution >= 0.6 is 0 Å². The molecule has 2 aliphatic rings. The Kier molecular flexibility index (Phi) is 7.63. The van der Waals surface area contributed by atoms with Crippen molar-refractivity contribution in [2.45, 2.75) is 51.5 Å². The SMILES string of the molecule is Cc1ccccc1CC(=O)N1CCN(CC(=O)NC(=O)NC2CCCCC2)CC1. The van der Waals surface area contributed by atoms with Crippen LogP contribution in [0.4, 0.5) is 4.79 Å². The number of benzene rings is 1. The number of aryl methyl sites for hydroxylation is 1. The first-order chi connectivity index (χ1) is 14.0. The van der Waals surface area contributed by atoms with Gasteiger partial charge in [0.25, 0.3) is 0 Å². The van der Waals surface area contributed by atoms with Gasteiger partial charge in [-0.2, -0.15) is 0 Å². The lowest BCUT2D eigenvalue weighted by molar-refractivity contribution is -0.132. The van der Waals surface area contributed by atoms with Gasteiger partial charge in [0.1, 0.15) is 0 Å². The van der Waals surface area contributed by atoms with E-state index in [4.69, 9.17) is 0 Å². The number of carbonyl (C=O) groups excluding carboxylic acids is 3. The Balaban J connectivity index is 1.36. The smallest absolute Gasteiger partial charge is 0.321 e. The minimum Gasteiger partial charge on any atom is -0.340 e. The molecule has 1 aromatic rings. The summed E-state index contributed by atoms with van der Waals surface area (Å²) in [4.78, 5) is 40.6. The molecule has 2 N–H and O–H groups in total. The van der Waals surface area contributed by atoms with Crippen LogP contribution < -0.4 is 10.6 Å². The van der Waals surface area contributed by atoms with Crippen LogP contribution in [0.25, 0.3) is 0 Å². The molecule has 1 aromatic carbocycles. The molecule has 1 heterocycles. The molecule has 7 heteroatoms. The van der Waals surface area contributed by atoms with E-state index < -0.39 is 6.03 Å². The molecule has 7 nitrogen and oxygen atoms in total. The third-order valence-corrected chi connectivity index (χ3v) is 5.89. The molecular formula is C22H32N4O3. The molecule has 0 aromatic heterocycles. The fraction of sp³-hybridized carbons (Fsp3) is 0.591. The Labute approximate surface area is 172 Å². The van der Waals surface area contributed by atoms with E-state index in [-0.39, 0.29) is 24.4 Å². The number of urea groups is 1. The summed E-state index contributed by atoms with van der Waals surface area (Å²) in [6, 6.07) is 7.72. The van der Waals surface area contributed by atoms with Gasteiger partial charge in [-0.15, -0.1) is 0 Å². The first kappa shape index (κ1) is 21.3. The van der Waals surface area contributed by atoms with E-state index in [2.05, 4.69) is 10.6 Å². The van der Waals surface area contributed by atoms with Crippen molar-refractivity contribution in [1.82, 2.24) is 20.4 Å². The van der Waals surface area contributed by atoms with Crippen molar-refractivity contribution in [1.29, 1.82) is 0 Å². The molecule has 1 saturated carbocycles. The number of piperazine rings is 1. The van der Waals surface area contributed by atoms with Gasteiger partial charge in [0.05, 0.1) is 13.0 Å². The van der Waals surface area contributed by atoms with Gasteiger partial charge in [0.15, 0.2) is 0 Å². The molecule has 0 unspecified atom stereocenters. The minimum absolute atomic E-state index is 0.121. The fourth-order valence-electron chi connectivity index (χ4n) is 4.08. The molecule has 158 valence electrons.